The number of nitrogens with zero attached hydrogens (tertiary/aromatic N) is 3. The molecule has 1 unspecified atom stereocenters. The van der Waals surface area contributed by atoms with Gasteiger partial charge in [0.2, 0.25) is 0 Å². The quantitative estimate of drug-likeness (QED) is 0.776. The van der Waals surface area contributed by atoms with Crippen LogP contribution in [0, 0.1) is 0 Å². The van der Waals surface area contributed by atoms with Crippen molar-refractivity contribution in [3.63, 3.8) is 0 Å². The number of hydrogen-bond donors (Lipinski definition) is 2. The largest absolute Gasteiger partial charge is 0.389 e. The summed E-state index contributed by atoms with van der Waals surface area (Å²) in [5, 5.41) is 16.6. The second-order valence-corrected chi connectivity index (χ2v) is 4.49. The van der Waals surface area contributed by atoms with Crippen LogP contribution in [0.5, 0.6) is 0 Å². The van der Waals surface area contributed by atoms with Crippen LogP contribution in [0.25, 0.3) is 0 Å². The van der Waals surface area contributed by atoms with E-state index in [1.807, 2.05) is 0 Å². The SMILES string of the molecule is COC[C@H](O)CN1CCCCC1c1ncn[nH]1. The van der Waals surface area contributed by atoms with Gasteiger partial charge in [0.1, 0.15) is 12.2 Å². The van der Waals surface area contributed by atoms with Crippen molar-refractivity contribution in [3.8, 4) is 0 Å². The third-order valence-corrected chi connectivity index (χ3v) is 3.17. The van der Waals surface area contributed by atoms with Crippen LogP contribution in [0.15, 0.2) is 6.33 Å². The van der Waals surface area contributed by atoms with E-state index in [0.29, 0.717) is 13.2 Å². The van der Waals surface area contributed by atoms with Gasteiger partial charge in [0.05, 0.1) is 18.8 Å². The first-order valence-electron chi connectivity index (χ1n) is 6.07. The standard InChI is InChI=1S/C11H20N4O2/c1-17-7-9(16)6-15-5-3-2-4-10(15)11-12-8-13-14-11/h8-10,16H,2-7H2,1H3,(H,12,13,14)/t9-,10?/m1/s1. The molecule has 0 amide bonds. The van der Waals surface area contributed by atoms with E-state index in [1.165, 1.54) is 19.2 Å². The minimum atomic E-state index is -0.441. The number of aromatic nitrogens is 3. The summed E-state index contributed by atoms with van der Waals surface area (Å²) >= 11 is 0. The van der Waals surface area contributed by atoms with Crippen molar-refractivity contribution in [1.82, 2.24) is 20.1 Å². The molecular formula is C11H20N4O2. The van der Waals surface area contributed by atoms with E-state index in [1.54, 1.807) is 7.11 Å². The molecule has 0 aromatic carbocycles. The minimum Gasteiger partial charge on any atom is -0.389 e. The third-order valence-electron chi connectivity index (χ3n) is 3.17. The number of aromatic amines is 1. The molecule has 1 aromatic heterocycles. The van der Waals surface area contributed by atoms with Gasteiger partial charge in [-0.2, -0.15) is 5.10 Å². The number of nitrogens with one attached hydrogen (secondary N) is 1. The first-order valence-corrected chi connectivity index (χ1v) is 6.07. The monoisotopic (exact) mass is 240 g/mol. The van der Waals surface area contributed by atoms with Crippen molar-refractivity contribution in [2.24, 2.45) is 0 Å². The Morgan fingerprint density at radius 3 is 3.24 bits per heavy atom. The summed E-state index contributed by atoms with van der Waals surface area (Å²) in [6, 6.07) is 0.248. The van der Waals surface area contributed by atoms with Gasteiger partial charge >= 0.3 is 0 Å². The van der Waals surface area contributed by atoms with Gasteiger partial charge in [-0.15, -0.1) is 0 Å². The number of aliphatic hydroxyl groups excluding tert-OH is 1. The minimum absolute atomic E-state index is 0.248. The van der Waals surface area contributed by atoms with Crippen LogP contribution in [-0.4, -0.2) is 58.1 Å². The fourth-order valence-corrected chi connectivity index (χ4v) is 2.41. The van der Waals surface area contributed by atoms with Crippen LogP contribution in [0.4, 0.5) is 0 Å². The summed E-state index contributed by atoms with van der Waals surface area (Å²) < 4.78 is 4.96. The molecule has 1 saturated heterocycles. The fraction of sp³-hybridized carbons (Fsp3) is 0.818. The Morgan fingerprint density at radius 2 is 2.53 bits per heavy atom. The summed E-state index contributed by atoms with van der Waals surface area (Å²) in [6.07, 6.45) is 4.53. The van der Waals surface area contributed by atoms with Crippen LogP contribution in [0.1, 0.15) is 31.1 Å². The highest BCUT2D eigenvalue weighted by Crippen LogP contribution is 2.28. The zero-order valence-electron chi connectivity index (χ0n) is 10.2. The molecule has 6 nitrogen and oxygen atoms in total. The maximum Gasteiger partial charge on any atom is 0.141 e. The molecule has 96 valence electrons. The molecule has 0 bridgehead atoms. The Labute approximate surface area is 101 Å². The lowest BCUT2D eigenvalue weighted by Gasteiger charge is -2.35. The average Bonchev–Trinajstić information content (AvgIpc) is 2.83. The number of H-pyrrole nitrogens is 1. The Kier molecular flexibility index (Phi) is 4.47. The molecule has 0 saturated carbocycles. The molecule has 2 atom stereocenters. The molecule has 0 aliphatic carbocycles. The molecule has 17 heavy (non-hydrogen) atoms. The number of likely N-dealkylation sites (tertiary alicyclic amines) is 1. The molecule has 2 N–H and O–H groups in total. The van der Waals surface area contributed by atoms with Gasteiger partial charge in [-0.1, -0.05) is 6.42 Å². The summed E-state index contributed by atoms with van der Waals surface area (Å²) in [7, 11) is 1.60. The molecule has 2 heterocycles. The van der Waals surface area contributed by atoms with E-state index in [4.69, 9.17) is 4.74 Å². The zero-order chi connectivity index (χ0) is 12.1. The summed E-state index contributed by atoms with van der Waals surface area (Å²) in [6.45, 7) is 1.99. The Balaban J connectivity index is 1.97. The highest BCUT2D eigenvalue weighted by Gasteiger charge is 2.27. The Hall–Kier alpha value is -0.980. The van der Waals surface area contributed by atoms with Crippen LogP contribution in [0.2, 0.25) is 0 Å². The molecule has 1 aliphatic rings. The molecule has 1 aliphatic heterocycles. The van der Waals surface area contributed by atoms with Crippen molar-refractivity contribution >= 4 is 0 Å². The number of hydrogen-bond acceptors (Lipinski definition) is 5. The van der Waals surface area contributed by atoms with E-state index >= 15 is 0 Å². The van der Waals surface area contributed by atoms with Crippen LogP contribution in [-0.2, 0) is 4.74 Å². The normalized spacial score (nSPS) is 23.8. The van der Waals surface area contributed by atoms with Crippen LogP contribution in [0.3, 0.4) is 0 Å². The molecule has 0 spiro atoms. The predicted octanol–water partition coefficient (Wildman–Crippen LogP) is 0.339. The Bertz CT molecular complexity index is 317. The molecule has 0 radical (unpaired) electrons. The van der Waals surface area contributed by atoms with E-state index in [9.17, 15) is 5.11 Å². The van der Waals surface area contributed by atoms with Crippen molar-refractivity contribution in [3.05, 3.63) is 12.2 Å². The van der Waals surface area contributed by atoms with E-state index in [0.717, 1.165) is 18.8 Å². The van der Waals surface area contributed by atoms with E-state index in [2.05, 4.69) is 20.1 Å². The molecule has 1 aromatic rings. The smallest absolute Gasteiger partial charge is 0.141 e. The first kappa shape index (κ1) is 12.5. The van der Waals surface area contributed by atoms with E-state index in [-0.39, 0.29) is 6.04 Å². The zero-order valence-corrected chi connectivity index (χ0v) is 10.2. The second-order valence-electron chi connectivity index (χ2n) is 4.49. The lowest BCUT2D eigenvalue weighted by atomic mass is 10.0. The highest BCUT2D eigenvalue weighted by molar-refractivity contribution is 4.95. The average molecular weight is 240 g/mol. The van der Waals surface area contributed by atoms with Crippen LogP contribution < -0.4 is 0 Å². The van der Waals surface area contributed by atoms with Gasteiger partial charge in [-0.05, 0) is 19.4 Å². The molecule has 6 heteroatoms. The predicted molar refractivity (Wildman–Crippen MR) is 62.4 cm³/mol. The topological polar surface area (TPSA) is 74.3 Å². The van der Waals surface area contributed by atoms with E-state index < -0.39 is 6.10 Å². The van der Waals surface area contributed by atoms with Gasteiger partial charge in [0, 0.05) is 13.7 Å². The lowest BCUT2D eigenvalue weighted by Crippen LogP contribution is -2.40. The van der Waals surface area contributed by atoms with Crippen molar-refractivity contribution < 1.29 is 9.84 Å². The van der Waals surface area contributed by atoms with Crippen molar-refractivity contribution in [2.45, 2.75) is 31.4 Å². The second kappa shape index (κ2) is 6.09. The maximum absolute atomic E-state index is 9.80. The molecular weight excluding hydrogens is 220 g/mol. The van der Waals surface area contributed by atoms with Gasteiger partial charge < -0.3 is 9.84 Å². The number of ether oxygens (including phenoxy) is 1. The Morgan fingerprint density at radius 1 is 1.65 bits per heavy atom. The van der Waals surface area contributed by atoms with Crippen molar-refractivity contribution in [2.75, 3.05) is 26.8 Å². The number of aliphatic hydroxyl groups is 1. The lowest BCUT2D eigenvalue weighted by molar-refractivity contribution is 0.0163. The summed E-state index contributed by atoms with van der Waals surface area (Å²) in [4.78, 5) is 6.48. The first-order chi connectivity index (χ1) is 8.31. The number of piperidine rings is 1. The van der Waals surface area contributed by atoms with Gasteiger partial charge in [-0.3, -0.25) is 10.00 Å². The number of methoxy groups -OCH3 is 1. The third kappa shape index (κ3) is 3.24. The number of β-amino-alcohol motifs (C(OH)–C–C–N with tert-alkyl or cyclic N) is 1. The van der Waals surface area contributed by atoms with Crippen LogP contribution >= 0.6 is 0 Å². The molecule has 1 fully saturated rings. The maximum atomic E-state index is 9.80. The number of rotatable bonds is 5. The molecule has 2 rings (SSSR count). The summed E-state index contributed by atoms with van der Waals surface area (Å²) in [5.74, 6) is 0.898. The van der Waals surface area contributed by atoms with Crippen molar-refractivity contribution in [1.29, 1.82) is 0 Å². The summed E-state index contributed by atoms with van der Waals surface area (Å²) in [5.41, 5.74) is 0. The highest BCUT2D eigenvalue weighted by atomic mass is 16.5. The fourth-order valence-electron chi connectivity index (χ4n) is 2.41. The van der Waals surface area contributed by atoms with Gasteiger partial charge in [0.25, 0.3) is 0 Å². The van der Waals surface area contributed by atoms with Gasteiger partial charge in [0.15, 0.2) is 0 Å². The van der Waals surface area contributed by atoms with Gasteiger partial charge in [-0.25, -0.2) is 4.98 Å².